The van der Waals surface area contributed by atoms with Crippen molar-refractivity contribution in [3.63, 3.8) is 0 Å². The van der Waals surface area contributed by atoms with Gasteiger partial charge in [0, 0.05) is 16.8 Å². The van der Waals surface area contributed by atoms with Gasteiger partial charge in [-0.05, 0) is 36.4 Å². The number of ether oxygens (including phenoxy) is 1. The minimum atomic E-state index is -0.268. The summed E-state index contributed by atoms with van der Waals surface area (Å²) in [4.78, 5) is 13.1. The van der Waals surface area contributed by atoms with Crippen LogP contribution in [0.5, 0.6) is 5.75 Å². The van der Waals surface area contributed by atoms with Crippen LogP contribution in [0.4, 0.5) is 17.1 Å². The van der Waals surface area contributed by atoms with E-state index in [9.17, 15) is 10.1 Å². The fourth-order valence-corrected chi connectivity index (χ4v) is 3.10. The second-order valence-corrected chi connectivity index (χ2v) is 6.02. The molecule has 6 heteroatoms. The lowest BCUT2D eigenvalue weighted by Gasteiger charge is -2.09. The van der Waals surface area contributed by atoms with Crippen LogP contribution in [0.3, 0.4) is 0 Å². The number of methoxy groups -OCH3 is 1. The summed E-state index contributed by atoms with van der Waals surface area (Å²) in [5, 5.41) is 17.0. The fourth-order valence-electron chi connectivity index (χ4n) is 2.26. The standard InChI is InChI=1S/C19H15N3O2S/c1-24-16-9-7-15(8-10-16)22-19(23)18-17(13(11-20)12-25-18)21-14-5-3-2-4-6-14/h2-10,12,21H,1H3,(H,22,23). The van der Waals surface area contributed by atoms with Crippen molar-refractivity contribution >= 4 is 34.3 Å². The lowest BCUT2D eigenvalue weighted by Crippen LogP contribution is -2.12. The number of carbonyl (C=O) groups excluding carboxylic acids is 1. The van der Waals surface area contributed by atoms with Gasteiger partial charge in [0.05, 0.1) is 18.4 Å². The Bertz CT molecular complexity index is 912. The molecule has 0 atom stereocenters. The molecule has 1 aromatic heterocycles. The molecule has 0 unspecified atom stereocenters. The third-order valence-electron chi connectivity index (χ3n) is 3.51. The monoisotopic (exact) mass is 349 g/mol. The second kappa shape index (κ2) is 7.51. The molecule has 3 rings (SSSR count). The molecular weight excluding hydrogens is 334 g/mol. The lowest BCUT2D eigenvalue weighted by atomic mass is 10.2. The third kappa shape index (κ3) is 3.79. The highest BCUT2D eigenvalue weighted by atomic mass is 32.1. The maximum absolute atomic E-state index is 12.6. The van der Waals surface area contributed by atoms with Crippen LogP contribution >= 0.6 is 11.3 Å². The first-order valence-electron chi connectivity index (χ1n) is 7.50. The molecule has 1 heterocycles. The van der Waals surface area contributed by atoms with E-state index >= 15 is 0 Å². The quantitative estimate of drug-likeness (QED) is 0.704. The summed E-state index contributed by atoms with van der Waals surface area (Å²) >= 11 is 1.23. The third-order valence-corrected chi connectivity index (χ3v) is 4.49. The summed E-state index contributed by atoms with van der Waals surface area (Å²) in [5.74, 6) is 0.447. The Balaban J connectivity index is 1.84. The number of nitriles is 1. The van der Waals surface area contributed by atoms with Crippen LogP contribution in [0.25, 0.3) is 0 Å². The summed E-state index contributed by atoms with van der Waals surface area (Å²) in [5.41, 5.74) is 2.43. The van der Waals surface area contributed by atoms with Crippen LogP contribution in [0.2, 0.25) is 0 Å². The molecule has 0 fully saturated rings. The van der Waals surface area contributed by atoms with E-state index in [1.54, 1.807) is 36.8 Å². The smallest absolute Gasteiger partial charge is 0.267 e. The van der Waals surface area contributed by atoms with Gasteiger partial charge >= 0.3 is 0 Å². The zero-order valence-corrected chi connectivity index (χ0v) is 14.3. The number of benzene rings is 2. The predicted octanol–water partition coefficient (Wildman–Crippen LogP) is 4.62. The Morgan fingerprint density at radius 2 is 1.80 bits per heavy atom. The molecule has 0 aliphatic rings. The first kappa shape index (κ1) is 16.6. The number of anilines is 3. The Kier molecular flexibility index (Phi) is 4.97. The van der Waals surface area contributed by atoms with Crippen LogP contribution in [0.1, 0.15) is 15.2 Å². The van der Waals surface area contributed by atoms with Crippen LogP contribution in [-0.4, -0.2) is 13.0 Å². The number of thiophene rings is 1. The summed E-state index contributed by atoms with van der Waals surface area (Å²) in [6.45, 7) is 0. The van der Waals surface area contributed by atoms with Crippen molar-refractivity contribution in [2.45, 2.75) is 0 Å². The molecular formula is C19H15N3O2S. The van der Waals surface area contributed by atoms with Crippen molar-refractivity contribution in [1.82, 2.24) is 0 Å². The Morgan fingerprint density at radius 3 is 2.44 bits per heavy atom. The van der Waals surface area contributed by atoms with E-state index < -0.39 is 0 Å². The first-order valence-corrected chi connectivity index (χ1v) is 8.38. The van der Waals surface area contributed by atoms with Crippen molar-refractivity contribution in [3.8, 4) is 11.8 Å². The molecule has 2 aromatic carbocycles. The predicted molar refractivity (Wildman–Crippen MR) is 99.7 cm³/mol. The maximum atomic E-state index is 12.6. The summed E-state index contributed by atoms with van der Waals surface area (Å²) in [6.07, 6.45) is 0. The summed E-state index contributed by atoms with van der Waals surface area (Å²) < 4.78 is 5.11. The van der Waals surface area contributed by atoms with Gasteiger partial charge in [0.25, 0.3) is 5.91 Å². The van der Waals surface area contributed by atoms with Gasteiger partial charge in [0.2, 0.25) is 0 Å². The molecule has 124 valence electrons. The molecule has 25 heavy (non-hydrogen) atoms. The zero-order chi connectivity index (χ0) is 17.6. The van der Waals surface area contributed by atoms with E-state index in [1.807, 2.05) is 30.3 Å². The number of nitrogens with zero attached hydrogens (tertiary/aromatic N) is 1. The van der Waals surface area contributed by atoms with Gasteiger partial charge in [-0.1, -0.05) is 18.2 Å². The molecule has 0 saturated carbocycles. The highest BCUT2D eigenvalue weighted by Crippen LogP contribution is 2.31. The molecule has 2 N–H and O–H groups in total. The van der Waals surface area contributed by atoms with E-state index in [-0.39, 0.29) is 5.91 Å². The minimum absolute atomic E-state index is 0.268. The van der Waals surface area contributed by atoms with Crippen molar-refractivity contribution in [2.24, 2.45) is 0 Å². The summed E-state index contributed by atoms with van der Waals surface area (Å²) in [6, 6.07) is 18.6. The lowest BCUT2D eigenvalue weighted by molar-refractivity contribution is 0.103. The van der Waals surface area contributed by atoms with Gasteiger partial charge in [-0.25, -0.2) is 0 Å². The van der Waals surface area contributed by atoms with E-state index in [4.69, 9.17) is 4.74 Å². The molecule has 0 aliphatic carbocycles. The van der Waals surface area contributed by atoms with Crippen LogP contribution in [-0.2, 0) is 0 Å². The SMILES string of the molecule is COc1ccc(NC(=O)c2scc(C#N)c2Nc2ccccc2)cc1. The van der Waals surface area contributed by atoms with Crippen LogP contribution < -0.4 is 15.4 Å². The topological polar surface area (TPSA) is 74.1 Å². The normalized spacial score (nSPS) is 9.92. The fraction of sp³-hybridized carbons (Fsp3) is 0.0526. The Morgan fingerprint density at radius 1 is 1.08 bits per heavy atom. The van der Waals surface area contributed by atoms with Crippen LogP contribution in [0.15, 0.2) is 60.0 Å². The van der Waals surface area contributed by atoms with Crippen molar-refractivity contribution < 1.29 is 9.53 Å². The van der Waals surface area contributed by atoms with Gasteiger partial charge in [-0.15, -0.1) is 11.3 Å². The van der Waals surface area contributed by atoms with Crippen molar-refractivity contribution in [3.05, 3.63) is 70.4 Å². The Hall–Kier alpha value is -3.30. The largest absolute Gasteiger partial charge is 0.497 e. The number of carbonyl (C=O) groups is 1. The molecule has 0 saturated heterocycles. The number of para-hydroxylation sites is 1. The second-order valence-electron chi connectivity index (χ2n) is 5.14. The molecule has 0 radical (unpaired) electrons. The van der Waals surface area contributed by atoms with E-state index in [0.29, 0.717) is 27.6 Å². The van der Waals surface area contributed by atoms with Gasteiger partial charge in [-0.3, -0.25) is 4.79 Å². The maximum Gasteiger partial charge on any atom is 0.267 e. The van der Waals surface area contributed by atoms with Gasteiger partial charge < -0.3 is 15.4 Å². The minimum Gasteiger partial charge on any atom is -0.497 e. The van der Waals surface area contributed by atoms with Gasteiger partial charge in [-0.2, -0.15) is 5.26 Å². The Labute approximate surface area is 149 Å². The van der Waals surface area contributed by atoms with E-state index in [1.165, 1.54) is 11.3 Å². The first-order chi connectivity index (χ1) is 12.2. The van der Waals surface area contributed by atoms with Crippen molar-refractivity contribution in [1.29, 1.82) is 5.26 Å². The molecule has 5 nitrogen and oxygen atoms in total. The molecule has 0 bridgehead atoms. The zero-order valence-electron chi connectivity index (χ0n) is 13.4. The molecule has 3 aromatic rings. The number of nitrogens with one attached hydrogen (secondary N) is 2. The highest BCUT2D eigenvalue weighted by Gasteiger charge is 2.18. The number of hydrogen-bond acceptors (Lipinski definition) is 5. The molecule has 0 spiro atoms. The number of amides is 1. The van der Waals surface area contributed by atoms with Gasteiger partial charge in [0.1, 0.15) is 16.7 Å². The highest BCUT2D eigenvalue weighted by molar-refractivity contribution is 7.13. The van der Waals surface area contributed by atoms with E-state index in [0.717, 1.165) is 5.69 Å². The number of rotatable bonds is 5. The van der Waals surface area contributed by atoms with Crippen molar-refractivity contribution in [2.75, 3.05) is 17.7 Å². The average Bonchev–Trinajstić information content (AvgIpc) is 3.06. The van der Waals surface area contributed by atoms with E-state index in [2.05, 4.69) is 16.7 Å². The molecule has 0 aliphatic heterocycles. The average molecular weight is 349 g/mol. The summed E-state index contributed by atoms with van der Waals surface area (Å²) in [7, 11) is 1.59. The number of hydrogen-bond donors (Lipinski definition) is 2. The van der Waals surface area contributed by atoms with Gasteiger partial charge in [0.15, 0.2) is 0 Å². The molecule has 1 amide bonds. The van der Waals surface area contributed by atoms with Crippen LogP contribution in [0, 0.1) is 11.3 Å².